The SMILES string of the molecule is CSCCC(C)N(C)C(=O)c1c(N)c(C)nn1C. The van der Waals surface area contributed by atoms with Gasteiger partial charge >= 0.3 is 0 Å². The van der Waals surface area contributed by atoms with E-state index in [4.69, 9.17) is 5.73 Å². The number of carbonyl (C=O) groups is 1. The lowest BCUT2D eigenvalue weighted by molar-refractivity contribution is 0.0731. The molecule has 1 heterocycles. The van der Waals surface area contributed by atoms with E-state index in [1.165, 1.54) is 0 Å². The normalized spacial score (nSPS) is 12.5. The number of nitrogens with two attached hydrogens (primary N) is 1. The Labute approximate surface area is 113 Å². The molecule has 102 valence electrons. The van der Waals surface area contributed by atoms with Gasteiger partial charge in [-0.1, -0.05) is 0 Å². The molecule has 0 aromatic carbocycles. The van der Waals surface area contributed by atoms with Crippen LogP contribution in [0.15, 0.2) is 0 Å². The van der Waals surface area contributed by atoms with Crippen LogP contribution in [0.2, 0.25) is 0 Å². The lowest BCUT2D eigenvalue weighted by Gasteiger charge is -2.25. The predicted octanol–water partition coefficient (Wildman–Crippen LogP) is 1.52. The lowest BCUT2D eigenvalue weighted by Crippen LogP contribution is -2.36. The summed E-state index contributed by atoms with van der Waals surface area (Å²) in [6.07, 6.45) is 3.04. The van der Waals surface area contributed by atoms with Crippen LogP contribution in [0.4, 0.5) is 5.69 Å². The van der Waals surface area contributed by atoms with Gasteiger partial charge in [0.2, 0.25) is 0 Å². The number of rotatable bonds is 5. The number of hydrogen-bond acceptors (Lipinski definition) is 4. The van der Waals surface area contributed by atoms with E-state index in [0.717, 1.165) is 12.2 Å². The smallest absolute Gasteiger partial charge is 0.274 e. The van der Waals surface area contributed by atoms with Gasteiger partial charge in [-0.3, -0.25) is 9.48 Å². The first-order chi connectivity index (χ1) is 8.40. The molecule has 0 saturated carbocycles. The average molecular weight is 270 g/mol. The number of nitrogen functional groups attached to an aromatic ring is 1. The summed E-state index contributed by atoms with van der Waals surface area (Å²) in [5, 5.41) is 4.18. The average Bonchev–Trinajstić information content (AvgIpc) is 2.58. The number of aromatic nitrogens is 2. The van der Waals surface area contributed by atoms with Crippen molar-refractivity contribution in [3.63, 3.8) is 0 Å². The van der Waals surface area contributed by atoms with E-state index in [1.54, 1.807) is 28.4 Å². The summed E-state index contributed by atoms with van der Waals surface area (Å²) in [7, 11) is 3.56. The van der Waals surface area contributed by atoms with Gasteiger partial charge in [0, 0.05) is 20.1 Å². The molecule has 0 bridgehead atoms. The third-order valence-corrected chi connectivity index (χ3v) is 3.84. The fraction of sp³-hybridized carbons (Fsp3) is 0.667. The van der Waals surface area contributed by atoms with Crippen LogP contribution in [0, 0.1) is 6.92 Å². The van der Waals surface area contributed by atoms with E-state index < -0.39 is 0 Å². The van der Waals surface area contributed by atoms with E-state index in [-0.39, 0.29) is 11.9 Å². The van der Waals surface area contributed by atoms with Gasteiger partial charge in [0.25, 0.3) is 5.91 Å². The number of anilines is 1. The minimum atomic E-state index is -0.0656. The highest BCUT2D eigenvalue weighted by Gasteiger charge is 2.23. The summed E-state index contributed by atoms with van der Waals surface area (Å²) in [6, 6.07) is 0.194. The largest absolute Gasteiger partial charge is 0.395 e. The monoisotopic (exact) mass is 270 g/mol. The van der Waals surface area contributed by atoms with Gasteiger partial charge in [-0.05, 0) is 32.3 Å². The molecule has 0 radical (unpaired) electrons. The van der Waals surface area contributed by atoms with Crippen molar-refractivity contribution in [2.45, 2.75) is 26.3 Å². The molecule has 1 rings (SSSR count). The number of carbonyl (C=O) groups excluding carboxylic acids is 1. The standard InChI is InChI=1S/C12H22N4OS/c1-8(6-7-18-5)15(3)12(17)11-10(13)9(2)14-16(11)4/h8H,6-7,13H2,1-5H3. The predicted molar refractivity (Wildman–Crippen MR) is 76.9 cm³/mol. The van der Waals surface area contributed by atoms with E-state index in [0.29, 0.717) is 17.1 Å². The van der Waals surface area contributed by atoms with E-state index in [1.807, 2.05) is 20.9 Å². The van der Waals surface area contributed by atoms with E-state index in [9.17, 15) is 4.79 Å². The van der Waals surface area contributed by atoms with Crippen LogP contribution < -0.4 is 5.73 Å². The molecule has 0 fully saturated rings. The van der Waals surface area contributed by atoms with Crippen LogP contribution in [-0.2, 0) is 7.05 Å². The zero-order chi connectivity index (χ0) is 13.9. The van der Waals surface area contributed by atoms with Crippen molar-refractivity contribution in [1.29, 1.82) is 0 Å². The first-order valence-electron chi connectivity index (χ1n) is 5.95. The van der Waals surface area contributed by atoms with Gasteiger partial charge in [0.05, 0.1) is 11.4 Å². The van der Waals surface area contributed by atoms with Gasteiger partial charge < -0.3 is 10.6 Å². The zero-order valence-corrected chi connectivity index (χ0v) is 12.5. The summed E-state index contributed by atoms with van der Waals surface area (Å²) >= 11 is 1.79. The van der Waals surface area contributed by atoms with Gasteiger partial charge in [-0.2, -0.15) is 16.9 Å². The molecule has 0 aliphatic heterocycles. The molecule has 2 N–H and O–H groups in total. The number of aryl methyl sites for hydroxylation is 2. The van der Waals surface area contributed by atoms with Crippen molar-refractivity contribution in [3.05, 3.63) is 11.4 Å². The Kier molecular flexibility index (Phi) is 5.07. The quantitative estimate of drug-likeness (QED) is 0.881. The molecule has 1 atom stereocenters. The maximum absolute atomic E-state index is 12.4. The molecule has 6 heteroatoms. The van der Waals surface area contributed by atoms with E-state index in [2.05, 4.69) is 11.4 Å². The molecule has 5 nitrogen and oxygen atoms in total. The van der Waals surface area contributed by atoms with Gasteiger partial charge in [0.15, 0.2) is 0 Å². The maximum Gasteiger partial charge on any atom is 0.274 e. The van der Waals surface area contributed by atoms with Crippen molar-refractivity contribution in [2.24, 2.45) is 7.05 Å². The molecular formula is C12H22N4OS. The first kappa shape index (κ1) is 14.9. The molecule has 1 amide bonds. The molecule has 1 aromatic rings. The number of nitrogens with zero attached hydrogens (tertiary/aromatic N) is 3. The molecule has 0 aliphatic carbocycles. The van der Waals surface area contributed by atoms with Crippen LogP contribution in [0.3, 0.4) is 0 Å². The van der Waals surface area contributed by atoms with Crippen molar-refractivity contribution < 1.29 is 4.79 Å². The third kappa shape index (κ3) is 2.98. The van der Waals surface area contributed by atoms with Crippen molar-refractivity contribution in [1.82, 2.24) is 14.7 Å². The van der Waals surface area contributed by atoms with Gasteiger partial charge in [-0.25, -0.2) is 0 Å². The molecule has 1 aromatic heterocycles. The van der Waals surface area contributed by atoms with Crippen molar-refractivity contribution in [3.8, 4) is 0 Å². The van der Waals surface area contributed by atoms with Gasteiger partial charge in [-0.15, -0.1) is 0 Å². The Hall–Kier alpha value is -1.17. The van der Waals surface area contributed by atoms with Crippen LogP contribution >= 0.6 is 11.8 Å². The highest BCUT2D eigenvalue weighted by molar-refractivity contribution is 7.98. The summed E-state index contributed by atoms with van der Waals surface area (Å²) in [5.41, 5.74) is 7.56. The minimum Gasteiger partial charge on any atom is -0.395 e. The van der Waals surface area contributed by atoms with Crippen molar-refractivity contribution in [2.75, 3.05) is 24.8 Å². The Morgan fingerprint density at radius 1 is 1.61 bits per heavy atom. The minimum absolute atomic E-state index is 0.0656. The van der Waals surface area contributed by atoms with Gasteiger partial charge in [0.1, 0.15) is 5.69 Å². The van der Waals surface area contributed by atoms with Crippen LogP contribution in [-0.4, -0.2) is 45.7 Å². The molecule has 18 heavy (non-hydrogen) atoms. The summed E-state index contributed by atoms with van der Waals surface area (Å²) < 4.78 is 1.56. The van der Waals surface area contributed by atoms with Crippen LogP contribution in [0.5, 0.6) is 0 Å². The highest BCUT2D eigenvalue weighted by atomic mass is 32.2. The lowest BCUT2D eigenvalue weighted by atomic mass is 10.2. The molecule has 1 unspecified atom stereocenters. The topological polar surface area (TPSA) is 64.2 Å². The Morgan fingerprint density at radius 3 is 2.67 bits per heavy atom. The first-order valence-corrected chi connectivity index (χ1v) is 7.34. The van der Waals surface area contributed by atoms with E-state index >= 15 is 0 Å². The fourth-order valence-electron chi connectivity index (χ4n) is 1.78. The molecule has 0 saturated heterocycles. The summed E-state index contributed by atoms with van der Waals surface area (Å²) in [6.45, 7) is 3.86. The zero-order valence-electron chi connectivity index (χ0n) is 11.7. The molecule has 0 aliphatic rings. The fourth-order valence-corrected chi connectivity index (χ4v) is 2.35. The van der Waals surface area contributed by atoms with Crippen LogP contribution in [0.25, 0.3) is 0 Å². The Bertz CT molecular complexity index is 430. The molecular weight excluding hydrogens is 248 g/mol. The highest BCUT2D eigenvalue weighted by Crippen LogP contribution is 2.18. The second-order valence-electron chi connectivity index (χ2n) is 4.52. The molecule has 0 spiro atoms. The van der Waals surface area contributed by atoms with Crippen LogP contribution in [0.1, 0.15) is 29.5 Å². The second kappa shape index (κ2) is 6.13. The second-order valence-corrected chi connectivity index (χ2v) is 5.50. The number of thioether (sulfide) groups is 1. The summed E-state index contributed by atoms with van der Waals surface area (Å²) in [5.74, 6) is 0.975. The number of hydrogen-bond donors (Lipinski definition) is 1. The summed E-state index contributed by atoms with van der Waals surface area (Å²) in [4.78, 5) is 14.1. The Balaban J connectivity index is 2.86. The number of amides is 1. The maximum atomic E-state index is 12.4. The third-order valence-electron chi connectivity index (χ3n) is 3.19. The Morgan fingerprint density at radius 2 is 2.22 bits per heavy atom. The van der Waals surface area contributed by atoms with Crippen molar-refractivity contribution >= 4 is 23.4 Å².